The number of nitrogens with two attached hydrogens (primary N) is 1. The Kier molecular flexibility index (Phi) is 4.48. The second-order valence-electron chi connectivity index (χ2n) is 7.09. The summed E-state index contributed by atoms with van der Waals surface area (Å²) < 4.78 is 32.2. The second-order valence-corrected chi connectivity index (χ2v) is 8.89. The van der Waals surface area contributed by atoms with Crippen molar-refractivity contribution in [2.45, 2.75) is 50.3 Å². The standard InChI is InChI=1S/C13H23N3O6S/c1-12(2,3)22-11(19)8-6-13(8,14)16-23(20,21)9-7(10(17)18)4-5-15-9/h7-9,15-16H,4-6,14H2,1-3H3,(H,17,18)/t7-,8?,9+,13?/m1/s1. The zero-order valence-electron chi connectivity index (χ0n) is 13.3. The fourth-order valence-corrected chi connectivity index (χ4v) is 4.54. The molecule has 23 heavy (non-hydrogen) atoms. The largest absolute Gasteiger partial charge is 0.481 e. The lowest BCUT2D eigenvalue weighted by Crippen LogP contribution is -2.54. The molecule has 0 spiro atoms. The minimum absolute atomic E-state index is 0.117. The number of carbonyl (C=O) groups is 2. The van der Waals surface area contributed by atoms with Crippen LogP contribution >= 0.6 is 0 Å². The zero-order chi connectivity index (χ0) is 17.6. The molecule has 132 valence electrons. The van der Waals surface area contributed by atoms with Gasteiger partial charge in [-0.2, -0.15) is 4.72 Å². The minimum Gasteiger partial charge on any atom is -0.481 e. The van der Waals surface area contributed by atoms with Crippen molar-refractivity contribution in [3.8, 4) is 0 Å². The summed E-state index contributed by atoms with van der Waals surface area (Å²) in [6.07, 6.45) is 0.333. The molecule has 0 aromatic carbocycles. The van der Waals surface area contributed by atoms with Crippen molar-refractivity contribution >= 4 is 22.0 Å². The Hall–Kier alpha value is -1.23. The number of sulfonamides is 1. The molecule has 4 atom stereocenters. The molecule has 1 aliphatic carbocycles. The normalized spacial score (nSPS) is 34.2. The molecule has 2 unspecified atom stereocenters. The summed E-state index contributed by atoms with van der Waals surface area (Å²) in [5.74, 6) is -3.58. The first kappa shape index (κ1) is 18.1. The predicted molar refractivity (Wildman–Crippen MR) is 80.5 cm³/mol. The maximum Gasteiger partial charge on any atom is 0.312 e. The minimum atomic E-state index is -4.03. The number of aliphatic carboxylic acids is 1. The Morgan fingerprint density at radius 2 is 2.00 bits per heavy atom. The first-order chi connectivity index (χ1) is 10.4. The highest BCUT2D eigenvalue weighted by atomic mass is 32.2. The summed E-state index contributed by atoms with van der Waals surface area (Å²) in [7, 11) is -4.03. The van der Waals surface area contributed by atoms with E-state index in [2.05, 4.69) is 10.0 Å². The second kappa shape index (κ2) is 5.69. The van der Waals surface area contributed by atoms with Crippen LogP contribution in [0.4, 0.5) is 0 Å². The Labute approximate surface area is 135 Å². The molecule has 2 rings (SSSR count). The van der Waals surface area contributed by atoms with Crippen LogP contribution in [0.1, 0.15) is 33.6 Å². The fraction of sp³-hybridized carbons (Fsp3) is 0.846. The fourth-order valence-electron chi connectivity index (χ4n) is 2.64. The smallest absolute Gasteiger partial charge is 0.312 e. The molecule has 1 saturated carbocycles. The van der Waals surface area contributed by atoms with Crippen molar-refractivity contribution in [3.63, 3.8) is 0 Å². The van der Waals surface area contributed by atoms with E-state index in [1.54, 1.807) is 20.8 Å². The number of carboxylic acid groups (broad SMARTS) is 1. The van der Waals surface area contributed by atoms with Gasteiger partial charge in [-0.1, -0.05) is 0 Å². The number of ether oxygens (including phenoxy) is 1. The van der Waals surface area contributed by atoms with E-state index in [0.717, 1.165) is 0 Å². The van der Waals surface area contributed by atoms with E-state index in [0.29, 0.717) is 0 Å². The molecule has 0 aromatic rings. The summed E-state index contributed by atoms with van der Waals surface area (Å²) in [4.78, 5) is 23.1. The molecule has 5 N–H and O–H groups in total. The number of rotatable bonds is 5. The third-order valence-electron chi connectivity index (χ3n) is 3.84. The van der Waals surface area contributed by atoms with Crippen LogP contribution in [0.2, 0.25) is 0 Å². The monoisotopic (exact) mass is 349 g/mol. The molecule has 10 heteroatoms. The van der Waals surface area contributed by atoms with Gasteiger partial charge in [0.05, 0.1) is 17.5 Å². The van der Waals surface area contributed by atoms with Crippen molar-refractivity contribution in [3.05, 3.63) is 0 Å². The van der Waals surface area contributed by atoms with Crippen molar-refractivity contribution in [1.82, 2.24) is 10.0 Å². The number of esters is 1. The molecule has 2 fully saturated rings. The van der Waals surface area contributed by atoms with Crippen LogP contribution in [0, 0.1) is 11.8 Å². The van der Waals surface area contributed by atoms with Gasteiger partial charge in [-0.25, -0.2) is 8.42 Å². The van der Waals surface area contributed by atoms with E-state index in [1.807, 2.05) is 0 Å². The highest BCUT2D eigenvalue weighted by Gasteiger charge is 2.60. The van der Waals surface area contributed by atoms with Crippen LogP contribution in [-0.2, 0) is 24.3 Å². The van der Waals surface area contributed by atoms with Gasteiger partial charge in [0.25, 0.3) is 0 Å². The summed E-state index contributed by atoms with van der Waals surface area (Å²) >= 11 is 0. The van der Waals surface area contributed by atoms with E-state index < -0.39 is 50.4 Å². The lowest BCUT2D eigenvalue weighted by atomic mass is 10.1. The Balaban J connectivity index is 2.04. The Morgan fingerprint density at radius 1 is 1.39 bits per heavy atom. The van der Waals surface area contributed by atoms with Gasteiger partial charge in [-0.3, -0.25) is 14.9 Å². The summed E-state index contributed by atoms with van der Waals surface area (Å²) in [5, 5.41) is 10.5. The van der Waals surface area contributed by atoms with Crippen molar-refractivity contribution in [1.29, 1.82) is 0 Å². The summed E-state index contributed by atoms with van der Waals surface area (Å²) in [5.41, 5.74) is 3.80. The number of hydrogen-bond acceptors (Lipinski definition) is 7. The molecule has 0 bridgehead atoms. The van der Waals surface area contributed by atoms with Crippen molar-refractivity contribution in [2.75, 3.05) is 6.54 Å². The average Bonchev–Trinajstić information content (AvgIpc) is 2.83. The van der Waals surface area contributed by atoms with Gasteiger partial charge in [-0.15, -0.1) is 0 Å². The predicted octanol–water partition coefficient (Wildman–Crippen LogP) is -1.06. The van der Waals surface area contributed by atoms with Gasteiger partial charge in [0.2, 0.25) is 10.0 Å². The highest BCUT2D eigenvalue weighted by Crippen LogP contribution is 2.41. The molecule has 1 aliphatic heterocycles. The van der Waals surface area contributed by atoms with Crippen molar-refractivity contribution < 1.29 is 27.9 Å². The molecule has 1 saturated heterocycles. The zero-order valence-corrected chi connectivity index (χ0v) is 14.1. The summed E-state index contributed by atoms with van der Waals surface area (Å²) in [6, 6.07) is 0. The Bertz CT molecular complexity index is 614. The van der Waals surface area contributed by atoms with E-state index >= 15 is 0 Å². The highest BCUT2D eigenvalue weighted by molar-refractivity contribution is 7.90. The third-order valence-corrected chi connectivity index (χ3v) is 5.67. The van der Waals surface area contributed by atoms with Crippen LogP contribution in [0.15, 0.2) is 0 Å². The van der Waals surface area contributed by atoms with E-state index in [1.165, 1.54) is 0 Å². The van der Waals surface area contributed by atoms with Crippen LogP contribution in [-0.4, -0.2) is 48.6 Å². The summed E-state index contributed by atoms with van der Waals surface area (Å²) in [6.45, 7) is 5.40. The van der Waals surface area contributed by atoms with Crippen LogP contribution in [0.5, 0.6) is 0 Å². The molecular weight excluding hydrogens is 326 g/mol. The molecular formula is C13H23N3O6S. The lowest BCUT2D eigenvalue weighted by molar-refractivity contribution is -0.157. The van der Waals surface area contributed by atoms with Gasteiger partial charge in [0, 0.05) is 0 Å². The van der Waals surface area contributed by atoms with Crippen LogP contribution in [0.25, 0.3) is 0 Å². The topological polar surface area (TPSA) is 148 Å². The molecule has 2 aliphatic rings. The third kappa shape index (κ3) is 4.00. The molecule has 0 aromatic heterocycles. The molecule has 0 amide bonds. The number of carboxylic acids is 1. The van der Waals surface area contributed by atoms with Crippen LogP contribution in [0.3, 0.4) is 0 Å². The maximum atomic E-state index is 12.4. The first-order valence-electron chi connectivity index (χ1n) is 7.36. The number of hydrogen-bond donors (Lipinski definition) is 4. The van der Waals surface area contributed by atoms with E-state index in [-0.39, 0.29) is 19.4 Å². The average molecular weight is 349 g/mol. The van der Waals surface area contributed by atoms with Crippen LogP contribution < -0.4 is 15.8 Å². The van der Waals surface area contributed by atoms with E-state index in [4.69, 9.17) is 15.6 Å². The quantitative estimate of drug-likeness (QED) is 0.363. The molecule has 0 radical (unpaired) electrons. The maximum absolute atomic E-state index is 12.4. The Morgan fingerprint density at radius 3 is 2.52 bits per heavy atom. The first-order valence-corrected chi connectivity index (χ1v) is 8.91. The van der Waals surface area contributed by atoms with E-state index in [9.17, 15) is 18.0 Å². The van der Waals surface area contributed by atoms with Gasteiger partial charge in [0.15, 0.2) is 0 Å². The number of carbonyl (C=O) groups excluding carboxylic acids is 1. The van der Waals surface area contributed by atoms with Gasteiger partial charge < -0.3 is 15.6 Å². The molecule has 1 heterocycles. The molecule has 9 nitrogen and oxygen atoms in total. The van der Waals surface area contributed by atoms with Gasteiger partial charge in [-0.05, 0) is 40.2 Å². The SMILES string of the molecule is CC(C)(C)OC(=O)C1CC1(N)NS(=O)(=O)[C@@H]1NCC[C@H]1C(=O)O. The van der Waals surface area contributed by atoms with Gasteiger partial charge in [0.1, 0.15) is 11.0 Å². The van der Waals surface area contributed by atoms with Crippen molar-refractivity contribution in [2.24, 2.45) is 17.6 Å². The number of nitrogens with one attached hydrogen (secondary N) is 2. The lowest BCUT2D eigenvalue weighted by Gasteiger charge is -2.23. The van der Waals surface area contributed by atoms with Gasteiger partial charge >= 0.3 is 11.9 Å².